The summed E-state index contributed by atoms with van der Waals surface area (Å²) in [5.74, 6) is -1.27. The molecule has 0 unspecified atom stereocenters. The third kappa shape index (κ3) is 3.12. The van der Waals surface area contributed by atoms with Gasteiger partial charge in [0.25, 0.3) is 5.69 Å². The molecular weight excluding hydrogens is 265 g/mol. The number of hydrogen-bond donors (Lipinski definition) is 0. The zero-order valence-corrected chi connectivity index (χ0v) is 11.2. The lowest BCUT2D eigenvalue weighted by molar-refractivity contribution is -0.385. The second kappa shape index (κ2) is 5.98. The van der Waals surface area contributed by atoms with Crippen LogP contribution in [0.1, 0.15) is 41.6 Å². The maximum absolute atomic E-state index is 13.9. The van der Waals surface area contributed by atoms with Crippen molar-refractivity contribution in [3.63, 3.8) is 0 Å². The number of non-ortho nitro benzene ring substituents is 1. The van der Waals surface area contributed by atoms with Gasteiger partial charge in [-0.1, -0.05) is 12.8 Å². The minimum Gasteiger partial charge on any atom is -0.462 e. The van der Waals surface area contributed by atoms with E-state index in [-0.39, 0.29) is 23.4 Å². The Morgan fingerprint density at radius 3 is 2.70 bits per heavy atom. The molecule has 0 heterocycles. The Balaban J connectivity index is 2.13. The van der Waals surface area contributed by atoms with Crippen molar-refractivity contribution in [3.05, 3.63) is 39.2 Å². The highest BCUT2D eigenvalue weighted by molar-refractivity contribution is 5.90. The Kier molecular flexibility index (Phi) is 4.32. The quantitative estimate of drug-likeness (QED) is 0.482. The lowest BCUT2D eigenvalue weighted by Crippen LogP contribution is -2.14. The van der Waals surface area contributed by atoms with Crippen molar-refractivity contribution in [3.8, 4) is 0 Å². The summed E-state index contributed by atoms with van der Waals surface area (Å²) in [6.45, 7) is 1.64. The number of benzene rings is 1. The molecule has 0 bridgehead atoms. The predicted molar refractivity (Wildman–Crippen MR) is 70.0 cm³/mol. The van der Waals surface area contributed by atoms with Crippen LogP contribution in [-0.4, -0.2) is 17.5 Å². The number of nitrogens with zero attached hydrogens (tertiary/aromatic N) is 1. The van der Waals surface area contributed by atoms with Crippen LogP contribution >= 0.6 is 0 Å². The first-order chi connectivity index (χ1) is 9.49. The second-order valence-electron chi connectivity index (χ2n) is 5.13. The molecular formula is C14H16FNO4. The largest absolute Gasteiger partial charge is 0.462 e. The standard InChI is InChI=1S/C14H16FNO4/c1-9-6-11(16(18)19)7-12(13(9)15)14(17)20-8-10-4-2-3-5-10/h6-7,10H,2-5,8H2,1H3. The highest BCUT2D eigenvalue weighted by Crippen LogP contribution is 2.26. The lowest BCUT2D eigenvalue weighted by atomic mass is 10.1. The van der Waals surface area contributed by atoms with E-state index < -0.39 is 16.7 Å². The highest BCUT2D eigenvalue weighted by Gasteiger charge is 2.23. The van der Waals surface area contributed by atoms with Crippen LogP contribution in [0.4, 0.5) is 10.1 Å². The molecule has 6 heteroatoms. The highest BCUT2D eigenvalue weighted by atomic mass is 19.1. The molecule has 0 radical (unpaired) electrons. The van der Waals surface area contributed by atoms with Gasteiger partial charge in [-0.3, -0.25) is 10.1 Å². The van der Waals surface area contributed by atoms with E-state index in [9.17, 15) is 19.3 Å². The van der Waals surface area contributed by atoms with Crippen LogP contribution in [0, 0.1) is 28.8 Å². The van der Waals surface area contributed by atoms with E-state index in [1.807, 2.05) is 0 Å². The molecule has 1 fully saturated rings. The molecule has 0 aromatic heterocycles. The fraction of sp³-hybridized carbons (Fsp3) is 0.500. The van der Waals surface area contributed by atoms with Crippen LogP contribution < -0.4 is 0 Å². The normalized spacial score (nSPS) is 15.3. The Labute approximate surface area is 115 Å². The smallest absolute Gasteiger partial charge is 0.341 e. The number of carbonyl (C=O) groups is 1. The summed E-state index contributed by atoms with van der Waals surface area (Å²) in [6, 6.07) is 2.03. The third-order valence-corrected chi connectivity index (χ3v) is 3.59. The Hall–Kier alpha value is -1.98. The summed E-state index contributed by atoms with van der Waals surface area (Å²) in [7, 11) is 0. The average Bonchev–Trinajstić information content (AvgIpc) is 2.92. The number of esters is 1. The van der Waals surface area contributed by atoms with Crippen molar-refractivity contribution in [2.45, 2.75) is 32.6 Å². The van der Waals surface area contributed by atoms with E-state index in [1.165, 1.54) is 6.92 Å². The van der Waals surface area contributed by atoms with Crippen LogP contribution in [0.5, 0.6) is 0 Å². The summed E-state index contributed by atoms with van der Waals surface area (Å²) in [5.41, 5.74) is -0.613. The number of nitro groups is 1. The van der Waals surface area contributed by atoms with Gasteiger partial charge in [0.05, 0.1) is 11.5 Å². The molecule has 0 spiro atoms. The molecule has 2 rings (SSSR count). The molecule has 5 nitrogen and oxygen atoms in total. The van der Waals surface area contributed by atoms with E-state index in [0.717, 1.165) is 37.8 Å². The van der Waals surface area contributed by atoms with Crippen molar-refractivity contribution >= 4 is 11.7 Å². The number of aryl methyl sites for hydroxylation is 1. The molecule has 1 aliphatic carbocycles. The summed E-state index contributed by atoms with van der Waals surface area (Å²) >= 11 is 0. The molecule has 0 aliphatic heterocycles. The number of carbonyl (C=O) groups excluding carboxylic acids is 1. The van der Waals surface area contributed by atoms with Crippen LogP contribution in [-0.2, 0) is 4.74 Å². The van der Waals surface area contributed by atoms with Gasteiger partial charge in [-0.25, -0.2) is 9.18 Å². The zero-order chi connectivity index (χ0) is 14.7. The van der Waals surface area contributed by atoms with E-state index in [1.54, 1.807) is 0 Å². The molecule has 0 atom stereocenters. The molecule has 1 saturated carbocycles. The zero-order valence-electron chi connectivity index (χ0n) is 11.2. The number of rotatable bonds is 4. The van der Waals surface area contributed by atoms with Crippen molar-refractivity contribution in [2.24, 2.45) is 5.92 Å². The van der Waals surface area contributed by atoms with Crippen molar-refractivity contribution in [2.75, 3.05) is 6.61 Å². The van der Waals surface area contributed by atoms with Crippen LogP contribution in [0.25, 0.3) is 0 Å². The van der Waals surface area contributed by atoms with Gasteiger partial charge < -0.3 is 4.74 Å². The van der Waals surface area contributed by atoms with Crippen molar-refractivity contribution in [1.82, 2.24) is 0 Å². The molecule has 0 amide bonds. The second-order valence-corrected chi connectivity index (χ2v) is 5.13. The van der Waals surface area contributed by atoms with Crippen LogP contribution in [0.2, 0.25) is 0 Å². The van der Waals surface area contributed by atoms with Crippen LogP contribution in [0.15, 0.2) is 12.1 Å². The summed E-state index contributed by atoms with van der Waals surface area (Å²) in [5, 5.41) is 10.7. The van der Waals surface area contributed by atoms with Gasteiger partial charge in [-0.2, -0.15) is 0 Å². The molecule has 1 aromatic carbocycles. The molecule has 1 aromatic rings. The first-order valence-corrected chi connectivity index (χ1v) is 6.60. The van der Waals surface area contributed by atoms with Gasteiger partial charge in [0.15, 0.2) is 0 Å². The monoisotopic (exact) mass is 281 g/mol. The fourth-order valence-electron chi connectivity index (χ4n) is 2.45. The number of ether oxygens (including phenoxy) is 1. The minimum atomic E-state index is -0.832. The third-order valence-electron chi connectivity index (χ3n) is 3.59. The topological polar surface area (TPSA) is 69.4 Å². The van der Waals surface area contributed by atoms with Crippen LogP contribution in [0.3, 0.4) is 0 Å². The number of hydrogen-bond acceptors (Lipinski definition) is 4. The molecule has 20 heavy (non-hydrogen) atoms. The van der Waals surface area contributed by atoms with E-state index in [4.69, 9.17) is 4.74 Å². The fourth-order valence-corrected chi connectivity index (χ4v) is 2.45. The van der Waals surface area contributed by atoms with E-state index in [0.29, 0.717) is 5.92 Å². The van der Waals surface area contributed by atoms with Crippen molar-refractivity contribution in [1.29, 1.82) is 0 Å². The molecule has 0 saturated heterocycles. The van der Waals surface area contributed by atoms with E-state index in [2.05, 4.69) is 0 Å². The summed E-state index contributed by atoms with van der Waals surface area (Å²) < 4.78 is 19.0. The van der Waals surface area contributed by atoms with Gasteiger partial charge in [0, 0.05) is 12.1 Å². The number of nitro benzene ring substituents is 1. The first kappa shape index (κ1) is 14.4. The Bertz CT molecular complexity index is 538. The maximum Gasteiger partial charge on any atom is 0.341 e. The van der Waals surface area contributed by atoms with Gasteiger partial charge in [-0.05, 0) is 31.2 Å². The lowest BCUT2D eigenvalue weighted by Gasteiger charge is -2.11. The summed E-state index contributed by atoms with van der Waals surface area (Å²) in [4.78, 5) is 21.9. The van der Waals surface area contributed by atoms with Gasteiger partial charge in [0.1, 0.15) is 11.4 Å². The molecule has 108 valence electrons. The van der Waals surface area contributed by atoms with Gasteiger partial charge in [0.2, 0.25) is 0 Å². The maximum atomic E-state index is 13.9. The SMILES string of the molecule is Cc1cc([N+](=O)[O-])cc(C(=O)OCC2CCCC2)c1F. The number of halogens is 1. The van der Waals surface area contributed by atoms with E-state index >= 15 is 0 Å². The Morgan fingerprint density at radius 2 is 2.10 bits per heavy atom. The molecule has 1 aliphatic rings. The Morgan fingerprint density at radius 1 is 1.45 bits per heavy atom. The summed E-state index contributed by atoms with van der Waals surface area (Å²) in [6.07, 6.45) is 4.24. The predicted octanol–water partition coefficient (Wildman–Crippen LogP) is 3.39. The first-order valence-electron chi connectivity index (χ1n) is 6.60. The van der Waals surface area contributed by atoms with Gasteiger partial charge in [-0.15, -0.1) is 0 Å². The minimum absolute atomic E-state index is 0.0621. The van der Waals surface area contributed by atoms with Crippen molar-refractivity contribution < 1.29 is 18.8 Å². The van der Waals surface area contributed by atoms with Gasteiger partial charge >= 0.3 is 5.97 Å². The average molecular weight is 281 g/mol. The molecule has 0 N–H and O–H groups in total.